The second-order valence-electron chi connectivity index (χ2n) is 9.09. The molecule has 4 aromatic rings. The first-order chi connectivity index (χ1) is 16.9. The average Bonchev–Trinajstić information content (AvgIpc) is 2.85. The fourth-order valence-electron chi connectivity index (χ4n) is 4.91. The van der Waals surface area contributed by atoms with Gasteiger partial charge in [0.05, 0.1) is 10.5 Å². The van der Waals surface area contributed by atoms with E-state index in [-0.39, 0.29) is 23.4 Å². The number of halogens is 1. The standard InChI is InChI=1S/C27H26ClN5O2/c1-16-3-2-4-18-6-8-23(31-25(16)18)33-12-10-19(26(29)35)15-20(33)13-17-5-7-22(28)21(14-17)27-30-11-9-24(34)32-27/h2-9,11,14,19-20H,10,12-13,15H2,1H3,(H2,29,35)(H,30,32,34). The van der Waals surface area contributed by atoms with Crippen LogP contribution in [-0.2, 0) is 11.2 Å². The molecule has 2 atom stereocenters. The highest BCUT2D eigenvalue weighted by Gasteiger charge is 2.32. The van der Waals surface area contributed by atoms with Gasteiger partial charge >= 0.3 is 0 Å². The Kier molecular flexibility index (Phi) is 6.26. The lowest BCUT2D eigenvalue weighted by molar-refractivity contribution is -0.122. The van der Waals surface area contributed by atoms with Crippen molar-refractivity contribution in [3.8, 4) is 11.4 Å². The summed E-state index contributed by atoms with van der Waals surface area (Å²) in [6.45, 7) is 2.75. The molecule has 8 heteroatoms. The summed E-state index contributed by atoms with van der Waals surface area (Å²) in [7, 11) is 0. The van der Waals surface area contributed by atoms with Crippen molar-refractivity contribution >= 4 is 34.2 Å². The van der Waals surface area contributed by atoms with Gasteiger partial charge in [-0.05, 0) is 61.6 Å². The number of anilines is 1. The number of hydrogen-bond donors (Lipinski definition) is 2. The molecule has 3 heterocycles. The van der Waals surface area contributed by atoms with E-state index in [1.807, 2.05) is 30.3 Å². The summed E-state index contributed by atoms with van der Waals surface area (Å²) in [5, 5.41) is 1.61. The van der Waals surface area contributed by atoms with E-state index in [0.29, 0.717) is 42.2 Å². The molecule has 0 spiro atoms. The van der Waals surface area contributed by atoms with Crippen LogP contribution in [-0.4, -0.2) is 33.4 Å². The monoisotopic (exact) mass is 487 g/mol. The van der Waals surface area contributed by atoms with E-state index in [1.165, 1.54) is 12.3 Å². The summed E-state index contributed by atoms with van der Waals surface area (Å²) >= 11 is 6.44. The third-order valence-corrected chi connectivity index (χ3v) is 7.08. The largest absolute Gasteiger partial charge is 0.369 e. The molecule has 1 fully saturated rings. The topological polar surface area (TPSA) is 105 Å². The van der Waals surface area contributed by atoms with E-state index >= 15 is 0 Å². The van der Waals surface area contributed by atoms with Crippen molar-refractivity contribution in [2.45, 2.75) is 32.2 Å². The third-order valence-electron chi connectivity index (χ3n) is 6.75. The number of H-pyrrole nitrogens is 1. The highest BCUT2D eigenvalue weighted by atomic mass is 35.5. The number of nitrogens with zero attached hydrogens (tertiary/aromatic N) is 3. The molecule has 1 amide bonds. The molecule has 7 nitrogen and oxygen atoms in total. The second kappa shape index (κ2) is 9.50. The van der Waals surface area contributed by atoms with Crippen molar-refractivity contribution in [3.63, 3.8) is 0 Å². The Morgan fingerprint density at radius 1 is 1.20 bits per heavy atom. The van der Waals surface area contributed by atoms with Gasteiger partial charge in [0.15, 0.2) is 0 Å². The van der Waals surface area contributed by atoms with Gasteiger partial charge in [-0.15, -0.1) is 0 Å². The molecular formula is C27H26ClN5O2. The lowest BCUT2D eigenvalue weighted by Gasteiger charge is -2.40. The number of nitrogens with two attached hydrogens (primary N) is 1. The Morgan fingerprint density at radius 3 is 2.86 bits per heavy atom. The van der Waals surface area contributed by atoms with Crippen LogP contribution in [0.3, 0.4) is 0 Å². The van der Waals surface area contributed by atoms with Crippen molar-refractivity contribution in [1.82, 2.24) is 15.0 Å². The van der Waals surface area contributed by atoms with Crippen LogP contribution >= 0.6 is 11.6 Å². The Hall–Kier alpha value is -3.71. The molecule has 2 aromatic carbocycles. The molecule has 1 aliphatic rings. The number of aromatic nitrogens is 3. The zero-order chi connectivity index (χ0) is 24.5. The molecule has 35 heavy (non-hydrogen) atoms. The molecule has 5 rings (SSSR count). The summed E-state index contributed by atoms with van der Waals surface area (Å²) < 4.78 is 0. The normalized spacial score (nSPS) is 18.1. The zero-order valence-corrected chi connectivity index (χ0v) is 20.1. The summed E-state index contributed by atoms with van der Waals surface area (Å²) in [5.41, 5.74) is 9.25. The van der Waals surface area contributed by atoms with Gasteiger partial charge in [0.1, 0.15) is 11.6 Å². The number of aryl methyl sites for hydroxylation is 1. The third kappa shape index (κ3) is 4.77. The number of benzene rings is 2. The van der Waals surface area contributed by atoms with Crippen molar-refractivity contribution in [3.05, 3.63) is 87.3 Å². The van der Waals surface area contributed by atoms with E-state index in [9.17, 15) is 9.59 Å². The zero-order valence-electron chi connectivity index (χ0n) is 19.4. The van der Waals surface area contributed by atoms with Crippen molar-refractivity contribution in [2.24, 2.45) is 11.7 Å². The summed E-state index contributed by atoms with van der Waals surface area (Å²) in [6, 6.07) is 17.4. The number of pyridine rings is 1. The minimum atomic E-state index is -0.264. The number of nitrogens with one attached hydrogen (secondary N) is 1. The maximum Gasteiger partial charge on any atom is 0.251 e. The average molecular weight is 488 g/mol. The molecule has 0 aliphatic carbocycles. The minimum absolute atomic E-state index is 0.0204. The number of carbonyl (C=O) groups is 1. The van der Waals surface area contributed by atoms with E-state index < -0.39 is 0 Å². The van der Waals surface area contributed by atoms with E-state index in [0.717, 1.165) is 27.8 Å². The maximum atomic E-state index is 12.1. The van der Waals surface area contributed by atoms with Gasteiger partial charge in [-0.25, -0.2) is 9.97 Å². The van der Waals surface area contributed by atoms with Gasteiger partial charge in [-0.1, -0.05) is 35.9 Å². The van der Waals surface area contributed by atoms with E-state index in [4.69, 9.17) is 22.3 Å². The van der Waals surface area contributed by atoms with Crippen LogP contribution in [0.4, 0.5) is 5.82 Å². The van der Waals surface area contributed by atoms with Crippen molar-refractivity contribution < 1.29 is 4.79 Å². The smallest absolute Gasteiger partial charge is 0.251 e. The number of para-hydroxylation sites is 1. The highest BCUT2D eigenvalue weighted by molar-refractivity contribution is 6.33. The second-order valence-corrected chi connectivity index (χ2v) is 9.50. The number of aromatic amines is 1. The Balaban J connectivity index is 1.50. The predicted octanol–water partition coefficient (Wildman–Crippen LogP) is 4.26. The summed E-state index contributed by atoms with van der Waals surface area (Å²) in [4.78, 5) is 38.1. The number of hydrogen-bond acceptors (Lipinski definition) is 5. The molecule has 178 valence electrons. The van der Waals surface area contributed by atoms with E-state index in [1.54, 1.807) is 0 Å². The number of carbonyl (C=O) groups excluding carboxylic acids is 1. The summed E-state index contributed by atoms with van der Waals surface area (Å²) in [6.07, 6.45) is 3.46. The fraction of sp³-hybridized carbons (Fsp3) is 0.259. The van der Waals surface area contributed by atoms with Gasteiger partial charge in [-0.3, -0.25) is 9.59 Å². The molecule has 0 bridgehead atoms. The van der Waals surface area contributed by atoms with Gasteiger partial charge < -0.3 is 15.6 Å². The predicted molar refractivity (Wildman–Crippen MR) is 139 cm³/mol. The van der Waals surface area contributed by atoms with Crippen molar-refractivity contribution in [2.75, 3.05) is 11.4 Å². The van der Waals surface area contributed by atoms with Crippen LogP contribution in [0.5, 0.6) is 0 Å². The fourth-order valence-corrected chi connectivity index (χ4v) is 5.12. The van der Waals surface area contributed by atoms with Gasteiger partial charge in [0.2, 0.25) is 5.91 Å². The molecule has 1 saturated heterocycles. The lowest BCUT2D eigenvalue weighted by Crippen LogP contribution is -2.47. The number of amides is 1. The Bertz CT molecular complexity index is 1470. The minimum Gasteiger partial charge on any atom is -0.369 e. The van der Waals surface area contributed by atoms with Crippen LogP contribution in [0, 0.1) is 12.8 Å². The van der Waals surface area contributed by atoms with E-state index in [2.05, 4.69) is 40.0 Å². The van der Waals surface area contributed by atoms with Crippen molar-refractivity contribution in [1.29, 1.82) is 0 Å². The van der Waals surface area contributed by atoms with Gasteiger partial charge in [0.25, 0.3) is 5.56 Å². The first-order valence-electron chi connectivity index (χ1n) is 11.7. The molecule has 2 aromatic heterocycles. The van der Waals surface area contributed by atoms with Crippen LogP contribution in [0.1, 0.15) is 24.0 Å². The SMILES string of the molecule is Cc1cccc2ccc(N3CCC(C(N)=O)CC3Cc3ccc(Cl)c(-c4nccc(=O)[nH]4)c3)nc12. The van der Waals surface area contributed by atoms with Gasteiger partial charge in [-0.2, -0.15) is 0 Å². The number of primary amides is 1. The number of rotatable bonds is 5. The quantitative estimate of drug-likeness (QED) is 0.437. The van der Waals surface area contributed by atoms with Crippen LogP contribution in [0.25, 0.3) is 22.3 Å². The molecule has 0 saturated carbocycles. The van der Waals surface area contributed by atoms with Gasteiger partial charge in [0, 0.05) is 41.7 Å². The lowest BCUT2D eigenvalue weighted by atomic mass is 9.86. The molecule has 0 radical (unpaired) electrons. The number of piperidine rings is 1. The molecule has 2 unspecified atom stereocenters. The molecular weight excluding hydrogens is 462 g/mol. The van der Waals surface area contributed by atoms with Crippen LogP contribution < -0.4 is 16.2 Å². The molecule has 3 N–H and O–H groups in total. The van der Waals surface area contributed by atoms with Crippen LogP contribution in [0.2, 0.25) is 5.02 Å². The Morgan fingerprint density at radius 2 is 2.06 bits per heavy atom. The maximum absolute atomic E-state index is 12.1. The molecule has 1 aliphatic heterocycles. The van der Waals surface area contributed by atoms with Crippen LogP contribution in [0.15, 0.2) is 65.6 Å². The number of fused-ring (bicyclic) bond motifs is 1. The first kappa shape index (κ1) is 23.1. The summed E-state index contributed by atoms with van der Waals surface area (Å²) in [5.74, 6) is 0.867. The first-order valence-corrected chi connectivity index (χ1v) is 12.0. The highest BCUT2D eigenvalue weighted by Crippen LogP contribution is 2.32. The Labute approximate surface area is 208 Å².